The number of allylic oxidation sites excluding steroid dienone is 4. The SMILES string of the molecule is CCCCCCCC/C=C\CCCCCCCC1(CCCCCCC/C=C\CCCCCCCC)C=NC(C(=O)OCC)N1CCCN1CCCCCC1. The van der Waals surface area contributed by atoms with Crippen LogP contribution in [-0.2, 0) is 9.53 Å². The van der Waals surface area contributed by atoms with E-state index in [4.69, 9.17) is 9.73 Å². The molecule has 0 radical (unpaired) electrons. The Bertz CT molecular complexity index is 897. The van der Waals surface area contributed by atoms with Gasteiger partial charge in [0.15, 0.2) is 0 Å². The third-order valence-electron chi connectivity index (χ3n) is 12.1. The Morgan fingerprint density at radius 1 is 0.574 bits per heavy atom. The van der Waals surface area contributed by atoms with Gasteiger partial charge in [-0.15, -0.1) is 0 Å². The van der Waals surface area contributed by atoms with Crippen molar-refractivity contribution in [3.8, 4) is 0 Å². The number of carbonyl (C=O) groups excluding carboxylic acids is 1. The second kappa shape index (κ2) is 34.8. The van der Waals surface area contributed by atoms with Crippen LogP contribution in [-0.4, -0.2) is 66.5 Å². The molecule has 0 aromatic carbocycles. The molecule has 0 aromatic heterocycles. The third-order valence-corrected chi connectivity index (χ3v) is 12.1. The van der Waals surface area contributed by atoms with Crippen molar-refractivity contribution in [1.29, 1.82) is 0 Å². The monoisotopic (exact) mass is 754 g/mol. The molecule has 0 spiro atoms. The molecule has 2 rings (SSSR count). The Morgan fingerprint density at radius 2 is 1.00 bits per heavy atom. The average molecular weight is 754 g/mol. The molecule has 1 fully saturated rings. The predicted molar refractivity (Wildman–Crippen MR) is 237 cm³/mol. The molecule has 5 nitrogen and oxygen atoms in total. The highest BCUT2D eigenvalue weighted by Crippen LogP contribution is 2.35. The molecular formula is C49H91N3O2. The van der Waals surface area contributed by atoms with Crippen molar-refractivity contribution in [3.63, 3.8) is 0 Å². The van der Waals surface area contributed by atoms with E-state index in [1.54, 1.807) is 0 Å². The molecule has 1 unspecified atom stereocenters. The van der Waals surface area contributed by atoms with Crippen molar-refractivity contribution in [3.05, 3.63) is 24.3 Å². The van der Waals surface area contributed by atoms with Crippen molar-refractivity contribution in [2.45, 2.75) is 244 Å². The van der Waals surface area contributed by atoms with Gasteiger partial charge in [-0.2, -0.15) is 0 Å². The zero-order valence-corrected chi connectivity index (χ0v) is 36.5. The van der Waals surface area contributed by atoms with Crippen molar-refractivity contribution >= 4 is 12.2 Å². The smallest absolute Gasteiger partial charge is 0.346 e. The van der Waals surface area contributed by atoms with Gasteiger partial charge in [0.1, 0.15) is 0 Å². The normalized spacial score (nSPS) is 18.0. The number of hydrogen-bond acceptors (Lipinski definition) is 5. The molecule has 0 aromatic rings. The number of nitrogens with zero attached hydrogens (tertiary/aromatic N) is 3. The second-order valence-corrected chi connectivity index (χ2v) is 17.0. The number of rotatable bonds is 36. The van der Waals surface area contributed by atoms with E-state index in [0.717, 1.165) is 32.4 Å². The van der Waals surface area contributed by atoms with Gasteiger partial charge in [0.25, 0.3) is 0 Å². The Balaban J connectivity index is 1.83. The zero-order valence-electron chi connectivity index (χ0n) is 36.5. The predicted octanol–water partition coefficient (Wildman–Crippen LogP) is 14.3. The number of carbonyl (C=O) groups is 1. The van der Waals surface area contributed by atoms with Crippen LogP contribution in [0, 0.1) is 0 Å². The van der Waals surface area contributed by atoms with E-state index in [0.29, 0.717) is 6.61 Å². The first-order valence-corrected chi connectivity index (χ1v) is 24.2. The minimum Gasteiger partial charge on any atom is -0.463 e. The Hall–Kier alpha value is -1.46. The van der Waals surface area contributed by atoms with Gasteiger partial charge < -0.3 is 9.64 Å². The standard InChI is InChI=1S/C49H91N3O2/c1-4-7-9-11-13-15-17-19-21-23-25-27-29-31-35-40-49(41-36-32-30-28-26-24-22-20-18-16-14-12-10-8-5-2)46-50-47(48(53)54-6-3)52(49)45-39-44-51-42-37-33-34-38-43-51/h19-22,46-47H,4-18,23-45H2,1-3H3/b21-19-,22-20-. The van der Waals surface area contributed by atoms with Gasteiger partial charge in [-0.25, -0.2) is 4.79 Å². The molecule has 2 heterocycles. The second-order valence-electron chi connectivity index (χ2n) is 17.0. The van der Waals surface area contributed by atoms with Gasteiger partial charge in [-0.3, -0.25) is 9.89 Å². The summed E-state index contributed by atoms with van der Waals surface area (Å²) in [5.74, 6) is -0.153. The highest BCUT2D eigenvalue weighted by Gasteiger charge is 2.45. The summed E-state index contributed by atoms with van der Waals surface area (Å²) >= 11 is 0. The first-order chi connectivity index (χ1) is 26.7. The highest BCUT2D eigenvalue weighted by atomic mass is 16.5. The summed E-state index contributed by atoms with van der Waals surface area (Å²) in [4.78, 5) is 23.4. The minimum absolute atomic E-state index is 0.116. The fourth-order valence-corrected chi connectivity index (χ4v) is 8.73. The fraction of sp³-hybridized carbons (Fsp3) is 0.878. The molecule has 54 heavy (non-hydrogen) atoms. The van der Waals surface area contributed by atoms with E-state index in [-0.39, 0.29) is 11.5 Å². The molecule has 1 saturated heterocycles. The van der Waals surface area contributed by atoms with E-state index in [1.165, 1.54) is 206 Å². The molecule has 0 bridgehead atoms. The number of aliphatic imine (C=N–C) groups is 1. The van der Waals surface area contributed by atoms with Crippen molar-refractivity contribution in [2.24, 2.45) is 4.99 Å². The van der Waals surface area contributed by atoms with Gasteiger partial charge in [0.05, 0.1) is 12.1 Å². The minimum atomic E-state index is -0.472. The van der Waals surface area contributed by atoms with Crippen LogP contribution in [0.5, 0.6) is 0 Å². The Labute approximate surface area is 337 Å². The maximum absolute atomic E-state index is 13.3. The Morgan fingerprint density at radius 3 is 1.44 bits per heavy atom. The molecule has 2 aliphatic heterocycles. The van der Waals surface area contributed by atoms with Crippen LogP contribution in [0.1, 0.15) is 233 Å². The maximum atomic E-state index is 13.3. The third kappa shape index (κ3) is 23.6. The molecule has 0 amide bonds. The molecule has 314 valence electrons. The van der Waals surface area contributed by atoms with E-state index in [1.807, 2.05) is 6.92 Å². The van der Waals surface area contributed by atoms with E-state index in [2.05, 4.69) is 54.2 Å². The molecule has 0 saturated carbocycles. The first-order valence-electron chi connectivity index (χ1n) is 24.2. The van der Waals surface area contributed by atoms with Gasteiger partial charge in [-0.05, 0) is 110 Å². The molecule has 1 atom stereocenters. The first kappa shape index (κ1) is 48.7. The van der Waals surface area contributed by atoms with Crippen LogP contribution in [0.2, 0.25) is 0 Å². The molecule has 2 aliphatic rings. The van der Waals surface area contributed by atoms with Crippen LogP contribution >= 0.6 is 0 Å². The maximum Gasteiger partial charge on any atom is 0.346 e. The molecule has 5 heteroatoms. The van der Waals surface area contributed by atoms with E-state index >= 15 is 0 Å². The zero-order chi connectivity index (χ0) is 38.6. The van der Waals surface area contributed by atoms with Crippen LogP contribution in [0.15, 0.2) is 29.3 Å². The molecule has 0 aliphatic carbocycles. The fourth-order valence-electron chi connectivity index (χ4n) is 8.73. The van der Waals surface area contributed by atoms with Crippen LogP contribution in [0.25, 0.3) is 0 Å². The summed E-state index contributed by atoms with van der Waals surface area (Å²) in [7, 11) is 0. The summed E-state index contributed by atoms with van der Waals surface area (Å²) in [5.41, 5.74) is -0.116. The van der Waals surface area contributed by atoms with E-state index in [9.17, 15) is 4.79 Å². The number of esters is 1. The largest absolute Gasteiger partial charge is 0.463 e. The number of ether oxygens (including phenoxy) is 1. The number of hydrogen-bond donors (Lipinski definition) is 0. The Kier molecular flexibility index (Phi) is 31.3. The van der Waals surface area contributed by atoms with E-state index < -0.39 is 6.17 Å². The molecular weight excluding hydrogens is 663 g/mol. The van der Waals surface area contributed by atoms with Crippen LogP contribution < -0.4 is 0 Å². The summed E-state index contributed by atoms with van der Waals surface area (Å²) in [6, 6.07) is 0. The molecule has 0 N–H and O–H groups in total. The average Bonchev–Trinajstić information content (AvgIpc) is 3.32. The van der Waals surface area contributed by atoms with Gasteiger partial charge >= 0.3 is 5.97 Å². The lowest BCUT2D eigenvalue weighted by atomic mass is 9.85. The summed E-state index contributed by atoms with van der Waals surface area (Å²) in [6.45, 7) is 11.4. The summed E-state index contributed by atoms with van der Waals surface area (Å²) in [6.07, 6.45) is 54.6. The van der Waals surface area contributed by atoms with Gasteiger partial charge in [0, 0.05) is 12.8 Å². The lowest BCUT2D eigenvalue weighted by Crippen LogP contribution is -2.53. The lowest BCUT2D eigenvalue weighted by molar-refractivity contribution is -0.150. The summed E-state index contributed by atoms with van der Waals surface area (Å²) in [5, 5.41) is 0. The van der Waals surface area contributed by atoms with Gasteiger partial charge in [0.2, 0.25) is 6.17 Å². The number of likely N-dealkylation sites (tertiary alicyclic amines) is 1. The summed E-state index contributed by atoms with van der Waals surface area (Å²) < 4.78 is 5.61. The van der Waals surface area contributed by atoms with Gasteiger partial charge in [-0.1, -0.05) is 167 Å². The van der Waals surface area contributed by atoms with Crippen molar-refractivity contribution in [2.75, 3.05) is 32.8 Å². The topological polar surface area (TPSA) is 45.1 Å². The highest BCUT2D eigenvalue weighted by molar-refractivity contribution is 5.84. The quantitative estimate of drug-likeness (QED) is 0.0363. The van der Waals surface area contributed by atoms with Crippen LogP contribution in [0.4, 0.5) is 0 Å². The van der Waals surface area contributed by atoms with Crippen molar-refractivity contribution in [1.82, 2.24) is 9.80 Å². The van der Waals surface area contributed by atoms with Crippen molar-refractivity contribution < 1.29 is 9.53 Å². The number of unbranched alkanes of at least 4 members (excludes halogenated alkanes) is 22. The lowest BCUT2D eigenvalue weighted by Gasteiger charge is -2.40. The van der Waals surface area contributed by atoms with Crippen LogP contribution in [0.3, 0.4) is 0 Å².